The summed E-state index contributed by atoms with van der Waals surface area (Å²) in [5.41, 5.74) is 2.56. The predicted octanol–water partition coefficient (Wildman–Crippen LogP) is 5.22. The zero-order chi connectivity index (χ0) is 14.9. The summed E-state index contributed by atoms with van der Waals surface area (Å²) in [6, 6.07) is 8.45. The molecule has 0 aliphatic carbocycles. The highest BCUT2D eigenvalue weighted by molar-refractivity contribution is 9.10. The van der Waals surface area contributed by atoms with E-state index in [0.29, 0.717) is 5.69 Å². The van der Waals surface area contributed by atoms with E-state index in [1.165, 1.54) is 6.07 Å². The molecule has 0 radical (unpaired) electrons. The zero-order valence-electron chi connectivity index (χ0n) is 10.9. The van der Waals surface area contributed by atoms with E-state index in [1.807, 2.05) is 26.0 Å². The van der Waals surface area contributed by atoms with Gasteiger partial charge in [0.2, 0.25) is 0 Å². The van der Waals surface area contributed by atoms with Crippen LogP contribution in [0.25, 0.3) is 0 Å². The first-order chi connectivity index (χ1) is 9.40. The summed E-state index contributed by atoms with van der Waals surface area (Å²) >= 11 is 6.48. The molecule has 104 valence electrons. The second-order valence-corrected chi connectivity index (χ2v) is 6.24. The van der Waals surface area contributed by atoms with Gasteiger partial charge in [-0.15, -0.1) is 0 Å². The topological polar surface area (TPSA) is 29.1 Å². The van der Waals surface area contributed by atoms with Crippen molar-refractivity contribution in [2.45, 2.75) is 13.8 Å². The molecule has 0 bridgehead atoms. The summed E-state index contributed by atoms with van der Waals surface area (Å²) in [6.07, 6.45) is 0. The second-order valence-electron chi connectivity index (χ2n) is 4.47. The molecular weight excluding hydrogens is 389 g/mol. The molecule has 0 aliphatic heterocycles. The van der Waals surface area contributed by atoms with Gasteiger partial charge in [-0.2, -0.15) is 0 Å². The maximum Gasteiger partial charge on any atom is 0.258 e. The predicted molar refractivity (Wildman–Crippen MR) is 85.7 cm³/mol. The molecule has 0 saturated heterocycles. The largest absolute Gasteiger partial charge is 0.321 e. The minimum absolute atomic E-state index is 0.0149. The van der Waals surface area contributed by atoms with Crippen LogP contribution in [0.1, 0.15) is 21.5 Å². The molecule has 1 amide bonds. The van der Waals surface area contributed by atoms with Gasteiger partial charge in [0.05, 0.1) is 10.0 Å². The molecule has 2 nitrogen and oxygen atoms in total. The maximum atomic E-state index is 13.9. The highest BCUT2D eigenvalue weighted by Crippen LogP contribution is 2.26. The third-order valence-electron chi connectivity index (χ3n) is 2.93. The van der Waals surface area contributed by atoms with Gasteiger partial charge in [-0.1, -0.05) is 22.0 Å². The third kappa shape index (κ3) is 3.10. The highest BCUT2D eigenvalue weighted by atomic mass is 79.9. The van der Waals surface area contributed by atoms with Crippen LogP contribution in [0.3, 0.4) is 0 Å². The van der Waals surface area contributed by atoms with Crippen LogP contribution in [0.4, 0.5) is 10.1 Å². The van der Waals surface area contributed by atoms with Crippen LogP contribution in [0, 0.1) is 19.7 Å². The van der Waals surface area contributed by atoms with Crippen LogP contribution < -0.4 is 5.32 Å². The molecule has 20 heavy (non-hydrogen) atoms. The van der Waals surface area contributed by atoms with Crippen molar-refractivity contribution in [3.05, 3.63) is 61.8 Å². The van der Waals surface area contributed by atoms with Crippen LogP contribution >= 0.6 is 31.9 Å². The van der Waals surface area contributed by atoms with E-state index in [4.69, 9.17) is 0 Å². The average Bonchev–Trinajstić information content (AvgIpc) is 2.36. The molecule has 0 spiro atoms. The molecule has 0 atom stereocenters. The normalized spacial score (nSPS) is 10.4. The third-order valence-corrected chi connectivity index (χ3v) is 4.00. The van der Waals surface area contributed by atoms with Crippen LogP contribution in [0.2, 0.25) is 0 Å². The fraction of sp³-hybridized carbons (Fsp3) is 0.133. The maximum absolute atomic E-state index is 13.9. The van der Waals surface area contributed by atoms with Gasteiger partial charge >= 0.3 is 0 Å². The van der Waals surface area contributed by atoms with Gasteiger partial charge in [-0.05, 0) is 65.2 Å². The smallest absolute Gasteiger partial charge is 0.258 e. The van der Waals surface area contributed by atoms with Crippen molar-refractivity contribution in [1.82, 2.24) is 0 Å². The van der Waals surface area contributed by atoms with Gasteiger partial charge in [0.25, 0.3) is 5.91 Å². The molecule has 2 aromatic carbocycles. The van der Waals surface area contributed by atoms with Crippen molar-refractivity contribution in [2.75, 3.05) is 5.32 Å². The van der Waals surface area contributed by atoms with E-state index in [-0.39, 0.29) is 10.0 Å². The minimum atomic E-state index is -0.558. The van der Waals surface area contributed by atoms with Crippen LogP contribution in [0.15, 0.2) is 39.3 Å². The zero-order valence-corrected chi connectivity index (χ0v) is 14.1. The second kappa shape index (κ2) is 6.06. The number of anilines is 1. The lowest BCUT2D eigenvalue weighted by Crippen LogP contribution is -2.15. The molecular formula is C15H12Br2FNO. The lowest BCUT2D eigenvalue weighted by molar-refractivity contribution is 0.102. The number of halogens is 3. The number of rotatable bonds is 2. The summed E-state index contributed by atoms with van der Waals surface area (Å²) < 4.78 is 15.1. The number of benzene rings is 2. The van der Waals surface area contributed by atoms with Crippen molar-refractivity contribution in [3.63, 3.8) is 0 Å². The van der Waals surface area contributed by atoms with Gasteiger partial charge in [0, 0.05) is 10.2 Å². The number of carbonyl (C=O) groups is 1. The first-order valence-electron chi connectivity index (χ1n) is 5.92. The standard InChI is InChI=1S/C15H12Br2FNO/c1-8-6-10(16)7-9(2)14(8)19-15(20)11-4-3-5-12(17)13(11)18/h3-7H,1-2H3,(H,19,20). The van der Waals surface area contributed by atoms with E-state index >= 15 is 0 Å². The molecule has 0 aromatic heterocycles. The molecule has 0 unspecified atom stereocenters. The Hall–Kier alpha value is -1.20. The number of amides is 1. The Morgan fingerprint density at radius 1 is 1.15 bits per heavy atom. The summed E-state index contributed by atoms with van der Waals surface area (Å²) in [4.78, 5) is 12.2. The average molecular weight is 401 g/mol. The molecule has 0 fully saturated rings. The Labute approximate surface area is 133 Å². The fourth-order valence-corrected chi connectivity index (χ4v) is 3.02. The van der Waals surface area contributed by atoms with E-state index in [9.17, 15) is 9.18 Å². The van der Waals surface area contributed by atoms with Gasteiger partial charge in [-0.25, -0.2) is 4.39 Å². The molecule has 2 rings (SSSR count). The van der Waals surface area contributed by atoms with Gasteiger partial charge in [-0.3, -0.25) is 4.79 Å². The first kappa shape index (κ1) is 15.2. The molecule has 0 heterocycles. The van der Waals surface area contributed by atoms with Crippen LogP contribution in [0.5, 0.6) is 0 Å². The van der Waals surface area contributed by atoms with E-state index in [1.54, 1.807) is 12.1 Å². The Morgan fingerprint density at radius 2 is 1.75 bits per heavy atom. The molecule has 5 heteroatoms. The van der Waals surface area contributed by atoms with Crippen molar-refractivity contribution >= 4 is 43.5 Å². The summed E-state index contributed by atoms with van der Waals surface area (Å²) in [6.45, 7) is 3.79. The Morgan fingerprint density at radius 3 is 2.35 bits per heavy atom. The first-order valence-corrected chi connectivity index (χ1v) is 7.51. The van der Waals surface area contributed by atoms with Gasteiger partial charge < -0.3 is 5.32 Å². The quantitative estimate of drug-likeness (QED) is 0.735. The summed E-state index contributed by atoms with van der Waals surface area (Å²) in [7, 11) is 0. The number of aryl methyl sites for hydroxylation is 2. The number of hydrogen-bond donors (Lipinski definition) is 1. The number of hydrogen-bond acceptors (Lipinski definition) is 1. The van der Waals surface area contributed by atoms with E-state index in [2.05, 4.69) is 37.2 Å². The van der Waals surface area contributed by atoms with Crippen molar-refractivity contribution in [1.29, 1.82) is 0 Å². The Bertz CT molecular complexity index is 663. The molecule has 0 aliphatic rings. The summed E-state index contributed by atoms with van der Waals surface area (Å²) in [5, 5.41) is 2.77. The lowest BCUT2D eigenvalue weighted by Gasteiger charge is -2.13. The SMILES string of the molecule is Cc1cc(Br)cc(C)c1NC(=O)c1cccc(Br)c1F. The number of nitrogens with one attached hydrogen (secondary N) is 1. The van der Waals surface area contributed by atoms with Gasteiger partial charge in [0.1, 0.15) is 5.82 Å². The molecule has 2 aromatic rings. The minimum Gasteiger partial charge on any atom is -0.321 e. The monoisotopic (exact) mass is 399 g/mol. The van der Waals surface area contributed by atoms with Crippen molar-refractivity contribution in [2.24, 2.45) is 0 Å². The van der Waals surface area contributed by atoms with Crippen LogP contribution in [-0.4, -0.2) is 5.91 Å². The van der Waals surface area contributed by atoms with Crippen molar-refractivity contribution < 1.29 is 9.18 Å². The molecule has 1 N–H and O–H groups in total. The Kier molecular flexibility index (Phi) is 4.60. The van der Waals surface area contributed by atoms with Crippen molar-refractivity contribution in [3.8, 4) is 0 Å². The number of carbonyl (C=O) groups excluding carboxylic acids is 1. The van der Waals surface area contributed by atoms with E-state index < -0.39 is 11.7 Å². The van der Waals surface area contributed by atoms with E-state index in [0.717, 1.165) is 15.6 Å². The fourth-order valence-electron chi connectivity index (χ4n) is 1.97. The lowest BCUT2D eigenvalue weighted by atomic mass is 10.1. The highest BCUT2D eigenvalue weighted by Gasteiger charge is 2.15. The van der Waals surface area contributed by atoms with Crippen LogP contribution in [-0.2, 0) is 0 Å². The van der Waals surface area contributed by atoms with Gasteiger partial charge in [0.15, 0.2) is 0 Å². The Balaban J connectivity index is 2.36. The molecule has 0 saturated carbocycles. The summed E-state index contributed by atoms with van der Waals surface area (Å²) in [5.74, 6) is -1.02.